The third-order valence-corrected chi connectivity index (χ3v) is 5.06. The van der Waals surface area contributed by atoms with Gasteiger partial charge in [0.15, 0.2) is 0 Å². The summed E-state index contributed by atoms with van der Waals surface area (Å²) in [6.07, 6.45) is 1.84. The zero-order valence-corrected chi connectivity index (χ0v) is 11.4. The lowest BCUT2D eigenvalue weighted by Gasteiger charge is -2.36. The molecule has 0 radical (unpaired) electrons. The maximum absolute atomic E-state index is 11.7. The minimum Gasteiger partial charge on any atom is -0.285 e. The third kappa shape index (κ3) is 3.66. The molecule has 0 bridgehead atoms. The van der Waals surface area contributed by atoms with Crippen LogP contribution in [0, 0.1) is 11.3 Å². The van der Waals surface area contributed by atoms with Crippen LogP contribution < -0.4 is 0 Å². The van der Waals surface area contributed by atoms with Gasteiger partial charge in [-0.25, -0.2) is 8.42 Å². The normalized spacial score (nSPS) is 21.0. The van der Waals surface area contributed by atoms with Gasteiger partial charge in [-0.2, -0.15) is 9.57 Å². The highest BCUT2D eigenvalue weighted by Crippen LogP contribution is 2.13. The molecule has 1 atom stereocenters. The van der Waals surface area contributed by atoms with Crippen molar-refractivity contribution in [1.82, 2.24) is 9.21 Å². The molecular formula is C11H21N3O2S. The fourth-order valence-corrected chi connectivity index (χ4v) is 3.16. The van der Waals surface area contributed by atoms with E-state index in [0.717, 1.165) is 12.8 Å². The van der Waals surface area contributed by atoms with E-state index < -0.39 is 10.0 Å². The van der Waals surface area contributed by atoms with Gasteiger partial charge in [-0.1, -0.05) is 13.3 Å². The SMILES string of the molecule is CCCC(C#N)N1CCN(S(=O)(=O)CC)CC1. The zero-order valence-electron chi connectivity index (χ0n) is 10.6. The summed E-state index contributed by atoms with van der Waals surface area (Å²) >= 11 is 0. The lowest BCUT2D eigenvalue weighted by atomic mass is 10.1. The van der Waals surface area contributed by atoms with E-state index in [-0.39, 0.29) is 11.8 Å². The van der Waals surface area contributed by atoms with Crippen LogP contribution in [-0.2, 0) is 10.0 Å². The molecule has 0 aromatic carbocycles. The second-order valence-corrected chi connectivity index (χ2v) is 6.53. The fraction of sp³-hybridized carbons (Fsp3) is 0.909. The maximum Gasteiger partial charge on any atom is 0.213 e. The van der Waals surface area contributed by atoms with Crippen molar-refractivity contribution in [2.24, 2.45) is 0 Å². The third-order valence-electron chi connectivity index (χ3n) is 3.18. The van der Waals surface area contributed by atoms with E-state index in [1.54, 1.807) is 6.92 Å². The second-order valence-electron chi connectivity index (χ2n) is 4.27. The van der Waals surface area contributed by atoms with Crippen molar-refractivity contribution in [3.8, 4) is 6.07 Å². The molecule has 0 aromatic rings. The van der Waals surface area contributed by atoms with Crippen LogP contribution in [0.2, 0.25) is 0 Å². The van der Waals surface area contributed by atoms with Gasteiger partial charge in [-0.05, 0) is 13.3 Å². The van der Waals surface area contributed by atoms with Crippen LogP contribution >= 0.6 is 0 Å². The van der Waals surface area contributed by atoms with Crippen LogP contribution in [0.1, 0.15) is 26.7 Å². The molecule has 0 saturated carbocycles. The van der Waals surface area contributed by atoms with E-state index in [9.17, 15) is 8.42 Å². The van der Waals surface area contributed by atoms with Gasteiger partial charge in [-0.3, -0.25) is 4.90 Å². The van der Waals surface area contributed by atoms with Crippen molar-refractivity contribution >= 4 is 10.0 Å². The molecule has 1 fully saturated rings. The Kier molecular flexibility index (Phi) is 5.37. The summed E-state index contributed by atoms with van der Waals surface area (Å²) in [5.74, 6) is 0.156. The van der Waals surface area contributed by atoms with Gasteiger partial charge in [-0.15, -0.1) is 0 Å². The molecule has 6 heteroatoms. The monoisotopic (exact) mass is 259 g/mol. The van der Waals surface area contributed by atoms with Gasteiger partial charge in [0.1, 0.15) is 0 Å². The number of nitrogens with zero attached hydrogens (tertiary/aromatic N) is 3. The molecule has 17 heavy (non-hydrogen) atoms. The van der Waals surface area contributed by atoms with Crippen LogP contribution in [0.3, 0.4) is 0 Å². The first-order valence-electron chi connectivity index (χ1n) is 6.16. The van der Waals surface area contributed by atoms with Gasteiger partial charge in [0.2, 0.25) is 10.0 Å². The van der Waals surface area contributed by atoms with Crippen LogP contribution in [0.5, 0.6) is 0 Å². The topological polar surface area (TPSA) is 64.4 Å². The van der Waals surface area contributed by atoms with Crippen LogP contribution in [-0.4, -0.2) is 55.6 Å². The van der Waals surface area contributed by atoms with Crippen LogP contribution in [0.4, 0.5) is 0 Å². The molecular weight excluding hydrogens is 238 g/mol. The Morgan fingerprint density at radius 1 is 1.24 bits per heavy atom. The van der Waals surface area contributed by atoms with Crippen molar-refractivity contribution < 1.29 is 8.42 Å². The quantitative estimate of drug-likeness (QED) is 0.727. The Labute approximate surface area is 104 Å². The number of piperazine rings is 1. The highest BCUT2D eigenvalue weighted by molar-refractivity contribution is 7.89. The van der Waals surface area contributed by atoms with E-state index in [1.807, 2.05) is 0 Å². The summed E-state index contributed by atoms with van der Waals surface area (Å²) < 4.78 is 24.9. The van der Waals surface area contributed by atoms with Gasteiger partial charge >= 0.3 is 0 Å². The van der Waals surface area contributed by atoms with Crippen LogP contribution in [0.25, 0.3) is 0 Å². The minimum atomic E-state index is -3.07. The molecule has 1 heterocycles. The summed E-state index contributed by atoms with van der Waals surface area (Å²) in [7, 11) is -3.07. The first-order valence-corrected chi connectivity index (χ1v) is 7.77. The smallest absolute Gasteiger partial charge is 0.213 e. The predicted octanol–water partition coefficient (Wildman–Crippen LogP) is 0.646. The largest absolute Gasteiger partial charge is 0.285 e. The summed E-state index contributed by atoms with van der Waals surface area (Å²) in [5, 5.41) is 9.06. The average molecular weight is 259 g/mol. The molecule has 1 rings (SSSR count). The Balaban J connectivity index is 2.54. The highest BCUT2D eigenvalue weighted by Gasteiger charge is 2.28. The van der Waals surface area contributed by atoms with Crippen LogP contribution in [0.15, 0.2) is 0 Å². The minimum absolute atomic E-state index is 0.0634. The second kappa shape index (κ2) is 6.34. The lowest BCUT2D eigenvalue weighted by Crippen LogP contribution is -2.51. The zero-order chi connectivity index (χ0) is 12.9. The molecule has 98 valence electrons. The molecule has 0 N–H and O–H groups in total. The van der Waals surface area contributed by atoms with Crippen molar-refractivity contribution in [3.63, 3.8) is 0 Å². The fourth-order valence-electron chi connectivity index (χ4n) is 2.08. The highest BCUT2D eigenvalue weighted by atomic mass is 32.2. The molecule has 0 aromatic heterocycles. The van der Waals surface area contributed by atoms with Crippen molar-refractivity contribution in [2.45, 2.75) is 32.7 Å². The molecule has 1 aliphatic heterocycles. The number of hydrogen-bond donors (Lipinski definition) is 0. The van der Waals surface area contributed by atoms with E-state index in [2.05, 4.69) is 17.9 Å². The Morgan fingerprint density at radius 3 is 2.24 bits per heavy atom. The molecule has 0 amide bonds. The Hall–Kier alpha value is -0.640. The van der Waals surface area contributed by atoms with E-state index in [0.29, 0.717) is 26.2 Å². The van der Waals surface area contributed by atoms with Gasteiger partial charge < -0.3 is 0 Å². The average Bonchev–Trinajstić information content (AvgIpc) is 2.36. The summed E-state index contributed by atoms with van der Waals surface area (Å²) in [5.41, 5.74) is 0. The van der Waals surface area contributed by atoms with Crippen molar-refractivity contribution in [2.75, 3.05) is 31.9 Å². The molecule has 5 nitrogen and oxygen atoms in total. The van der Waals surface area contributed by atoms with E-state index >= 15 is 0 Å². The predicted molar refractivity (Wildman–Crippen MR) is 66.9 cm³/mol. The molecule has 0 aliphatic carbocycles. The van der Waals surface area contributed by atoms with Crippen molar-refractivity contribution in [1.29, 1.82) is 5.26 Å². The summed E-state index contributed by atoms with van der Waals surface area (Å²) in [6.45, 7) is 6.07. The van der Waals surface area contributed by atoms with Gasteiger partial charge in [0.05, 0.1) is 17.9 Å². The van der Waals surface area contributed by atoms with E-state index in [1.165, 1.54) is 4.31 Å². The first-order chi connectivity index (χ1) is 8.05. The van der Waals surface area contributed by atoms with Crippen molar-refractivity contribution in [3.05, 3.63) is 0 Å². The first kappa shape index (κ1) is 14.4. The molecule has 0 spiro atoms. The summed E-state index contributed by atoms with van der Waals surface area (Å²) in [4.78, 5) is 2.09. The molecule has 1 aliphatic rings. The Morgan fingerprint density at radius 2 is 1.82 bits per heavy atom. The number of sulfonamides is 1. The number of rotatable bonds is 5. The maximum atomic E-state index is 11.7. The summed E-state index contributed by atoms with van der Waals surface area (Å²) in [6, 6.07) is 2.23. The molecule has 1 saturated heterocycles. The standard InChI is InChI=1S/C11H21N3O2S/c1-3-5-11(10-12)13-6-8-14(9-7-13)17(15,16)4-2/h11H,3-9H2,1-2H3. The lowest BCUT2D eigenvalue weighted by molar-refractivity contribution is 0.156. The number of hydrogen-bond acceptors (Lipinski definition) is 4. The Bertz CT molecular complexity index is 367. The molecule has 1 unspecified atom stereocenters. The van der Waals surface area contributed by atoms with Gasteiger partial charge in [0, 0.05) is 26.2 Å². The van der Waals surface area contributed by atoms with Gasteiger partial charge in [0.25, 0.3) is 0 Å². The number of nitriles is 1. The van der Waals surface area contributed by atoms with E-state index in [4.69, 9.17) is 5.26 Å².